The first-order valence-electron chi connectivity index (χ1n) is 11.2. The lowest BCUT2D eigenvalue weighted by Gasteiger charge is -2.37. The van der Waals surface area contributed by atoms with Crippen molar-refractivity contribution in [3.63, 3.8) is 0 Å². The highest BCUT2D eigenvalue weighted by molar-refractivity contribution is 6.93. The van der Waals surface area contributed by atoms with E-state index in [1.54, 1.807) is 0 Å². The summed E-state index contributed by atoms with van der Waals surface area (Å²) in [5, 5.41) is 3.10. The molecule has 1 aliphatic rings. The largest absolute Gasteiger partial charge is 0.537 e. The van der Waals surface area contributed by atoms with Crippen LogP contribution in [-0.2, 0) is 24.3 Å². The van der Waals surface area contributed by atoms with Crippen molar-refractivity contribution in [3.8, 4) is 5.75 Å². The summed E-state index contributed by atoms with van der Waals surface area (Å²) in [7, 11) is -5.87. The third kappa shape index (κ3) is 4.32. The van der Waals surface area contributed by atoms with Gasteiger partial charge < -0.3 is 22.1 Å². The summed E-state index contributed by atoms with van der Waals surface area (Å²) in [6.07, 6.45) is 0. The van der Waals surface area contributed by atoms with Gasteiger partial charge in [0.05, 0.1) is 6.61 Å². The Morgan fingerprint density at radius 3 is 1.78 bits per heavy atom. The zero-order valence-corrected chi connectivity index (χ0v) is 20.9. The second-order valence-corrected chi connectivity index (χ2v) is 12.9. The van der Waals surface area contributed by atoms with E-state index in [1.807, 2.05) is 69.3 Å². The minimum Gasteiger partial charge on any atom is -0.514 e. The number of rotatable bonds is 9. The summed E-state index contributed by atoms with van der Waals surface area (Å²) in [6, 6.07) is 26.6. The Kier molecular flexibility index (Phi) is 7.25. The molecule has 3 aromatic carbocycles. The van der Waals surface area contributed by atoms with Crippen molar-refractivity contribution in [1.82, 2.24) is 0 Å². The molecule has 168 valence electrons. The van der Waals surface area contributed by atoms with Gasteiger partial charge >= 0.3 is 17.4 Å². The van der Waals surface area contributed by atoms with Gasteiger partial charge in [-0.25, -0.2) is 0 Å². The van der Waals surface area contributed by atoms with E-state index in [0.717, 1.165) is 26.9 Å². The first kappa shape index (κ1) is 22.9. The van der Waals surface area contributed by atoms with Crippen molar-refractivity contribution in [2.24, 2.45) is 0 Å². The molecular weight excluding hydrogens is 436 g/mol. The molecule has 0 radical (unpaired) electrons. The van der Waals surface area contributed by atoms with Gasteiger partial charge in [0, 0.05) is 40.9 Å². The molecule has 1 aliphatic heterocycles. The lowest BCUT2D eigenvalue weighted by molar-refractivity contribution is 0.0858. The third-order valence-electron chi connectivity index (χ3n) is 5.41. The number of benzene rings is 3. The average molecular weight is 467 g/mol. The van der Waals surface area contributed by atoms with Crippen LogP contribution >= 0.6 is 0 Å². The van der Waals surface area contributed by atoms with E-state index in [-0.39, 0.29) is 0 Å². The lowest BCUT2D eigenvalue weighted by atomic mass is 10.2. The molecule has 7 heteroatoms. The van der Waals surface area contributed by atoms with Crippen molar-refractivity contribution in [3.05, 3.63) is 84.4 Å². The molecule has 0 unspecified atom stereocenters. The van der Waals surface area contributed by atoms with Gasteiger partial charge in [-0.15, -0.1) is 0 Å². The van der Waals surface area contributed by atoms with Gasteiger partial charge in [-0.1, -0.05) is 66.7 Å². The summed E-state index contributed by atoms with van der Waals surface area (Å²) < 4.78 is 31.6. The van der Waals surface area contributed by atoms with Crippen molar-refractivity contribution >= 4 is 32.9 Å². The van der Waals surface area contributed by atoms with Gasteiger partial charge in [0.2, 0.25) is 0 Å². The van der Waals surface area contributed by atoms with Gasteiger partial charge in [-0.3, -0.25) is 0 Å². The highest BCUT2D eigenvalue weighted by Crippen LogP contribution is 2.29. The number of fused-ring (bicyclic) bond motifs is 1. The van der Waals surface area contributed by atoms with Crippen molar-refractivity contribution in [1.29, 1.82) is 0 Å². The molecule has 0 saturated carbocycles. The Balaban J connectivity index is 1.75. The van der Waals surface area contributed by atoms with Crippen LogP contribution in [0.3, 0.4) is 0 Å². The topological polar surface area (TPSA) is 46.2 Å². The lowest BCUT2D eigenvalue weighted by Crippen LogP contribution is -2.67. The molecule has 1 heterocycles. The van der Waals surface area contributed by atoms with Gasteiger partial charge in [-0.2, -0.15) is 0 Å². The number of hydrogen-bond acceptors (Lipinski definition) is 5. The maximum atomic E-state index is 6.75. The molecule has 0 saturated heterocycles. The minimum absolute atomic E-state index is 0.452. The molecule has 4 rings (SSSR count). The standard InChI is InChI=1S/C25H30O5Si2/c1-4-26-32(27-5-2,28-6-3)24-17-18-25-21(19-24)20-29-31(30-25,22-13-9-7-10-14-22)23-15-11-8-12-16-23/h7-19H,4-6,20H2,1-3H3. The van der Waals surface area contributed by atoms with Gasteiger partial charge in [0.15, 0.2) is 0 Å². The zero-order chi connectivity index (χ0) is 22.4. The molecule has 0 atom stereocenters. The zero-order valence-electron chi connectivity index (χ0n) is 18.9. The van der Waals surface area contributed by atoms with E-state index in [1.165, 1.54) is 0 Å². The Labute approximate surface area is 192 Å². The van der Waals surface area contributed by atoms with Crippen LogP contribution in [0.5, 0.6) is 5.75 Å². The molecule has 0 aliphatic carbocycles. The predicted octanol–water partition coefficient (Wildman–Crippen LogP) is 3.11. The second-order valence-electron chi connectivity index (χ2n) is 7.42. The Hall–Kier alpha value is -2.27. The minimum atomic E-state index is -2.99. The van der Waals surface area contributed by atoms with E-state index < -0.39 is 17.4 Å². The average Bonchev–Trinajstić information content (AvgIpc) is 2.85. The highest BCUT2D eigenvalue weighted by Gasteiger charge is 2.49. The molecule has 3 aromatic rings. The summed E-state index contributed by atoms with van der Waals surface area (Å²) in [6.45, 7) is 7.91. The van der Waals surface area contributed by atoms with E-state index in [4.69, 9.17) is 22.1 Å². The summed E-state index contributed by atoms with van der Waals surface area (Å²) >= 11 is 0. The van der Waals surface area contributed by atoms with Crippen LogP contribution in [0, 0.1) is 0 Å². The molecule has 0 fully saturated rings. The van der Waals surface area contributed by atoms with Crippen molar-refractivity contribution in [2.45, 2.75) is 27.4 Å². The fraction of sp³-hybridized carbons (Fsp3) is 0.280. The van der Waals surface area contributed by atoms with E-state index >= 15 is 0 Å². The molecule has 0 amide bonds. The first-order chi connectivity index (χ1) is 15.7. The number of hydrogen-bond donors (Lipinski definition) is 0. The molecule has 32 heavy (non-hydrogen) atoms. The van der Waals surface area contributed by atoms with Crippen LogP contribution in [0.4, 0.5) is 0 Å². The Morgan fingerprint density at radius 1 is 0.750 bits per heavy atom. The van der Waals surface area contributed by atoms with Gasteiger partial charge in [0.1, 0.15) is 5.75 Å². The van der Waals surface area contributed by atoms with Gasteiger partial charge in [0.25, 0.3) is 0 Å². The molecule has 0 aromatic heterocycles. The fourth-order valence-corrected chi connectivity index (χ4v) is 9.68. The Morgan fingerprint density at radius 2 is 1.28 bits per heavy atom. The van der Waals surface area contributed by atoms with Crippen LogP contribution in [-0.4, -0.2) is 37.2 Å². The van der Waals surface area contributed by atoms with Crippen LogP contribution in [0.15, 0.2) is 78.9 Å². The maximum Gasteiger partial charge on any atom is 0.537 e. The molecule has 0 bridgehead atoms. The second kappa shape index (κ2) is 10.1. The molecule has 5 nitrogen and oxygen atoms in total. The summed E-state index contributed by atoms with van der Waals surface area (Å²) in [5.41, 5.74) is 0.980. The van der Waals surface area contributed by atoms with Crippen LogP contribution in [0.25, 0.3) is 0 Å². The van der Waals surface area contributed by atoms with Crippen molar-refractivity contribution in [2.75, 3.05) is 19.8 Å². The SMILES string of the molecule is CCO[Si](OCC)(OCC)c1ccc2c(c1)CO[Si](c1ccccc1)(c1ccccc1)O2. The van der Waals surface area contributed by atoms with Crippen LogP contribution in [0.1, 0.15) is 26.3 Å². The smallest absolute Gasteiger partial charge is 0.514 e. The van der Waals surface area contributed by atoms with Crippen molar-refractivity contribution < 1.29 is 22.1 Å². The van der Waals surface area contributed by atoms with Crippen LogP contribution in [0.2, 0.25) is 0 Å². The fourth-order valence-electron chi connectivity index (χ4n) is 4.06. The van der Waals surface area contributed by atoms with E-state index in [0.29, 0.717) is 26.4 Å². The quantitative estimate of drug-likeness (QED) is 0.454. The summed E-state index contributed by atoms with van der Waals surface area (Å²) in [5.74, 6) is 0.840. The molecular formula is C25H30O5Si2. The van der Waals surface area contributed by atoms with E-state index in [2.05, 4.69) is 30.3 Å². The monoisotopic (exact) mass is 466 g/mol. The van der Waals surface area contributed by atoms with E-state index in [9.17, 15) is 0 Å². The highest BCUT2D eigenvalue weighted by atomic mass is 28.4. The van der Waals surface area contributed by atoms with Gasteiger partial charge in [-0.05, 0) is 32.9 Å². The molecule has 0 spiro atoms. The third-order valence-corrected chi connectivity index (χ3v) is 11.7. The Bertz CT molecular complexity index is 957. The maximum absolute atomic E-state index is 6.75. The van der Waals surface area contributed by atoms with Crippen LogP contribution < -0.4 is 20.0 Å². The predicted molar refractivity (Wildman–Crippen MR) is 130 cm³/mol. The first-order valence-corrected chi connectivity index (χ1v) is 14.7. The summed E-state index contributed by atoms with van der Waals surface area (Å²) in [4.78, 5) is 0. The molecule has 0 N–H and O–H groups in total. The normalized spacial score (nSPS) is 15.1.